The first-order valence-electron chi connectivity index (χ1n) is 5.62. The fraction of sp³-hybridized carbons (Fsp3) is 0.333. The molecule has 1 aliphatic heterocycles. The number of carbonyl (C=O) groups excluding carboxylic acids is 2. The number of imide groups is 1. The molecule has 1 fully saturated rings. The van der Waals surface area contributed by atoms with E-state index in [-0.39, 0.29) is 6.54 Å². The van der Waals surface area contributed by atoms with Gasteiger partial charge in [0.25, 0.3) is 5.91 Å². The Labute approximate surface area is 112 Å². The number of nitrogens with one attached hydrogen (secondary N) is 1. The number of benzene rings is 1. The van der Waals surface area contributed by atoms with E-state index in [1.165, 1.54) is 0 Å². The minimum Gasteiger partial charge on any atom is -0.344 e. The Hall–Kier alpha value is -2.09. The van der Waals surface area contributed by atoms with Crippen molar-refractivity contribution in [1.29, 1.82) is 0 Å². The fourth-order valence-corrected chi connectivity index (χ4v) is 1.91. The molecule has 0 saturated carbocycles. The lowest BCUT2D eigenvalue weighted by atomic mass is 10.2. The first kappa shape index (κ1) is 14.3. The van der Waals surface area contributed by atoms with Crippen LogP contribution in [0.2, 0.25) is 0 Å². The van der Waals surface area contributed by atoms with E-state index in [1.807, 2.05) is 0 Å². The number of urea groups is 1. The summed E-state index contributed by atoms with van der Waals surface area (Å²) >= 11 is 0. The molecule has 0 spiro atoms. The third kappa shape index (κ3) is 2.11. The second kappa shape index (κ2) is 4.78. The molecule has 0 radical (unpaired) electrons. The van der Waals surface area contributed by atoms with Crippen LogP contribution in [-0.4, -0.2) is 35.8 Å². The largest absolute Gasteiger partial charge is 0.446 e. The maximum Gasteiger partial charge on any atom is 0.446 e. The van der Waals surface area contributed by atoms with Gasteiger partial charge in [-0.1, -0.05) is 30.3 Å². The lowest BCUT2D eigenvalue weighted by Crippen LogP contribution is -2.60. The first-order valence-corrected chi connectivity index (χ1v) is 5.62. The quantitative estimate of drug-likeness (QED) is 0.860. The highest BCUT2D eigenvalue weighted by atomic mass is 19.4. The van der Waals surface area contributed by atoms with Gasteiger partial charge in [0, 0.05) is 7.11 Å². The molecular formula is C12H11F3N2O3. The summed E-state index contributed by atoms with van der Waals surface area (Å²) in [5.41, 5.74) is -2.77. The van der Waals surface area contributed by atoms with Crippen LogP contribution in [0.25, 0.3) is 0 Å². The molecule has 0 aliphatic carbocycles. The molecule has 1 aromatic carbocycles. The molecule has 2 rings (SSSR count). The monoisotopic (exact) mass is 288 g/mol. The minimum atomic E-state index is -5.04. The third-order valence-electron chi connectivity index (χ3n) is 2.96. The normalized spacial score (nSPS) is 23.1. The van der Waals surface area contributed by atoms with Crippen molar-refractivity contribution >= 4 is 11.9 Å². The van der Waals surface area contributed by atoms with E-state index in [0.717, 1.165) is 7.11 Å². The SMILES string of the molecule is COC1(C(F)(F)F)NC(=O)N(Cc2ccccc2)C1=O. The molecular weight excluding hydrogens is 277 g/mol. The van der Waals surface area contributed by atoms with Crippen LogP contribution < -0.4 is 5.32 Å². The summed E-state index contributed by atoms with van der Waals surface area (Å²) in [5, 5.41) is 1.57. The third-order valence-corrected chi connectivity index (χ3v) is 2.96. The number of halogens is 3. The van der Waals surface area contributed by atoms with Gasteiger partial charge in [0.15, 0.2) is 0 Å². The molecule has 20 heavy (non-hydrogen) atoms. The Bertz CT molecular complexity index is 532. The zero-order valence-corrected chi connectivity index (χ0v) is 10.4. The first-order chi connectivity index (χ1) is 9.32. The van der Waals surface area contributed by atoms with Crippen molar-refractivity contribution in [3.63, 3.8) is 0 Å². The van der Waals surface area contributed by atoms with Crippen LogP contribution in [0.15, 0.2) is 30.3 Å². The standard InChI is InChI=1S/C12H11F3N2O3/c1-20-11(12(13,14)15)9(18)17(10(19)16-11)7-8-5-3-2-4-6-8/h2-6H,7H2,1H3,(H,16,19). The van der Waals surface area contributed by atoms with Crippen LogP contribution >= 0.6 is 0 Å². The Morgan fingerprint density at radius 2 is 1.85 bits per heavy atom. The van der Waals surface area contributed by atoms with Gasteiger partial charge >= 0.3 is 17.9 Å². The molecule has 1 aliphatic rings. The molecule has 1 N–H and O–H groups in total. The summed E-state index contributed by atoms with van der Waals surface area (Å²) < 4.78 is 43.2. The van der Waals surface area contributed by atoms with Crippen LogP contribution in [0.4, 0.5) is 18.0 Å². The molecule has 1 saturated heterocycles. The van der Waals surface area contributed by atoms with Crippen LogP contribution in [0.3, 0.4) is 0 Å². The zero-order chi connectivity index (χ0) is 15.0. The van der Waals surface area contributed by atoms with Gasteiger partial charge < -0.3 is 4.74 Å². The lowest BCUT2D eigenvalue weighted by Gasteiger charge is -2.26. The maximum absolute atomic E-state index is 13.0. The molecule has 5 nitrogen and oxygen atoms in total. The second-order valence-corrected chi connectivity index (χ2v) is 4.19. The molecule has 1 atom stereocenters. The summed E-state index contributed by atoms with van der Waals surface area (Å²) in [6.45, 7) is -0.257. The summed E-state index contributed by atoms with van der Waals surface area (Å²) in [4.78, 5) is 24.0. The van der Waals surface area contributed by atoms with Crippen molar-refractivity contribution in [3.8, 4) is 0 Å². The molecule has 1 heterocycles. The summed E-state index contributed by atoms with van der Waals surface area (Å²) in [5.74, 6) is -1.47. The molecule has 0 aromatic heterocycles. The van der Waals surface area contributed by atoms with Crippen LogP contribution in [0.1, 0.15) is 5.56 Å². The Morgan fingerprint density at radius 1 is 1.25 bits per heavy atom. The van der Waals surface area contributed by atoms with Crippen molar-refractivity contribution in [2.45, 2.75) is 18.4 Å². The van der Waals surface area contributed by atoms with Crippen LogP contribution in [0.5, 0.6) is 0 Å². The number of carbonyl (C=O) groups is 2. The topological polar surface area (TPSA) is 58.6 Å². The number of hydrogen-bond donors (Lipinski definition) is 1. The number of alkyl halides is 3. The fourth-order valence-electron chi connectivity index (χ4n) is 1.91. The second-order valence-electron chi connectivity index (χ2n) is 4.19. The molecule has 0 bridgehead atoms. The van der Waals surface area contributed by atoms with Crippen molar-refractivity contribution in [2.75, 3.05) is 7.11 Å². The number of nitrogens with zero attached hydrogens (tertiary/aromatic N) is 1. The lowest BCUT2D eigenvalue weighted by molar-refractivity contribution is -0.263. The Balaban J connectivity index is 2.30. The highest BCUT2D eigenvalue weighted by molar-refractivity contribution is 6.06. The van der Waals surface area contributed by atoms with Crippen molar-refractivity contribution in [2.24, 2.45) is 0 Å². The van der Waals surface area contributed by atoms with Gasteiger partial charge in [-0.25, -0.2) is 4.79 Å². The van der Waals surface area contributed by atoms with E-state index in [4.69, 9.17) is 0 Å². The van der Waals surface area contributed by atoms with Gasteiger partial charge in [-0.3, -0.25) is 15.0 Å². The number of ether oxygens (including phenoxy) is 1. The number of methoxy groups -OCH3 is 1. The highest BCUT2D eigenvalue weighted by Crippen LogP contribution is 2.36. The van der Waals surface area contributed by atoms with Gasteiger partial charge in [-0.15, -0.1) is 0 Å². The minimum absolute atomic E-state index is 0.257. The average Bonchev–Trinajstić information content (AvgIpc) is 2.64. The molecule has 1 aromatic rings. The Morgan fingerprint density at radius 3 is 2.30 bits per heavy atom. The Kier molecular flexibility index (Phi) is 3.43. The van der Waals surface area contributed by atoms with E-state index in [2.05, 4.69) is 4.74 Å². The number of rotatable bonds is 3. The van der Waals surface area contributed by atoms with E-state index in [9.17, 15) is 22.8 Å². The van der Waals surface area contributed by atoms with Crippen LogP contribution in [0, 0.1) is 0 Å². The van der Waals surface area contributed by atoms with E-state index in [0.29, 0.717) is 10.5 Å². The molecule has 8 heteroatoms. The predicted octanol–water partition coefficient (Wildman–Crippen LogP) is 1.64. The van der Waals surface area contributed by atoms with Gasteiger partial charge in [-0.2, -0.15) is 13.2 Å². The van der Waals surface area contributed by atoms with E-state index >= 15 is 0 Å². The number of amides is 3. The molecule has 108 valence electrons. The van der Waals surface area contributed by atoms with Crippen molar-refractivity contribution < 1.29 is 27.5 Å². The van der Waals surface area contributed by atoms with Gasteiger partial charge in [0.2, 0.25) is 0 Å². The molecule has 1 unspecified atom stereocenters. The summed E-state index contributed by atoms with van der Waals surface area (Å²) in [6, 6.07) is 7.08. The summed E-state index contributed by atoms with van der Waals surface area (Å²) in [6.07, 6.45) is -5.04. The van der Waals surface area contributed by atoms with Crippen molar-refractivity contribution in [1.82, 2.24) is 10.2 Å². The highest BCUT2D eigenvalue weighted by Gasteiger charge is 2.68. The smallest absolute Gasteiger partial charge is 0.344 e. The average molecular weight is 288 g/mol. The zero-order valence-electron chi connectivity index (χ0n) is 10.4. The van der Waals surface area contributed by atoms with Crippen molar-refractivity contribution in [3.05, 3.63) is 35.9 Å². The van der Waals surface area contributed by atoms with Gasteiger partial charge in [-0.05, 0) is 5.56 Å². The number of hydrogen-bond acceptors (Lipinski definition) is 3. The maximum atomic E-state index is 13.0. The van der Waals surface area contributed by atoms with Gasteiger partial charge in [0.05, 0.1) is 6.54 Å². The van der Waals surface area contributed by atoms with E-state index in [1.54, 1.807) is 35.6 Å². The van der Waals surface area contributed by atoms with Crippen LogP contribution in [-0.2, 0) is 16.1 Å². The predicted molar refractivity (Wildman–Crippen MR) is 61.3 cm³/mol. The molecule has 3 amide bonds. The summed E-state index contributed by atoms with van der Waals surface area (Å²) in [7, 11) is 0.720. The van der Waals surface area contributed by atoms with E-state index < -0.39 is 23.8 Å². The van der Waals surface area contributed by atoms with Gasteiger partial charge in [0.1, 0.15) is 0 Å².